The zero-order chi connectivity index (χ0) is 20.4. The lowest BCUT2D eigenvalue weighted by Gasteiger charge is -2.15. The van der Waals surface area contributed by atoms with Crippen molar-refractivity contribution < 1.29 is 23.1 Å². The quantitative estimate of drug-likeness (QED) is 0.672. The summed E-state index contributed by atoms with van der Waals surface area (Å²) >= 11 is 0. The number of rotatable bonds is 5. The summed E-state index contributed by atoms with van der Waals surface area (Å²) in [7, 11) is 0. The summed E-state index contributed by atoms with van der Waals surface area (Å²) in [5.41, 5.74) is 1.54. The van der Waals surface area contributed by atoms with Gasteiger partial charge in [0.15, 0.2) is 6.10 Å². The van der Waals surface area contributed by atoms with Gasteiger partial charge >= 0.3 is 5.97 Å². The molecule has 1 aromatic carbocycles. The molecule has 10 heteroatoms. The number of anilines is 1. The van der Waals surface area contributed by atoms with Gasteiger partial charge in [0.2, 0.25) is 0 Å². The molecule has 3 aromatic rings. The molecule has 1 amide bonds. The van der Waals surface area contributed by atoms with Gasteiger partial charge in [0.05, 0.1) is 12.1 Å². The minimum Gasteiger partial charge on any atom is -0.452 e. The van der Waals surface area contributed by atoms with Crippen LogP contribution in [0.4, 0.5) is 14.5 Å². The van der Waals surface area contributed by atoms with E-state index >= 15 is 0 Å². The second-order valence-corrected chi connectivity index (χ2v) is 6.16. The highest BCUT2D eigenvalue weighted by Crippen LogP contribution is 2.17. The molecule has 0 saturated heterocycles. The zero-order valence-electron chi connectivity index (χ0n) is 15.4. The predicted octanol–water partition coefficient (Wildman–Crippen LogP) is 2.13. The van der Waals surface area contributed by atoms with E-state index in [0.29, 0.717) is 22.7 Å². The lowest BCUT2D eigenvalue weighted by molar-refractivity contribution is -0.152. The monoisotopic (exact) mass is 389 g/mol. The molecule has 0 unspecified atom stereocenters. The normalized spacial score (nSPS) is 12.0. The second kappa shape index (κ2) is 7.67. The standard InChI is InChI=1S/C18H17F2N5O3/c1-9-13(10(2)25-18(23-9)21-8-22-25)7-16(26)28-11(3)17(27)24-15-6-12(19)4-5-14(15)20/h4-6,8,11H,7H2,1-3H3,(H,24,27)/t11-/m0/s1. The Labute approximate surface area is 158 Å². The fourth-order valence-corrected chi connectivity index (χ4v) is 2.68. The van der Waals surface area contributed by atoms with Crippen LogP contribution in [-0.4, -0.2) is 37.6 Å². The number of nitrogens with zero attached hydrogens (tertiary/aromatic N) is 4. The van der Waals surface area contributed by atoms with Crippen molar-refractivity contribution in [3.8, 4) is 0 Å². The summed E-state index contributed by atoms with van der Waals surface area (Å²) in [5.74, 6) is -2.54. The van der Waals surface area contributed by atoms with E-state index in [-0.39, 0.29) is 12.1 Å². The molecule has 1 N–H and O–H groups in total. The molecule has 0 bridgehead atoms. The molecule has 2 aromatic heterocycles. The molecule has 0 spiro atoms. The molecule has 0 aliphatic rings. The highest BCUT2D eigenvalue weighted by atomic mass is 19.1. The van der Waals surface area contributed by atoms with E-state index in [1.54, 1.807) is 13.8 Å². The number of carbonyl (C=O) groups excluding carboxylic acids is 2. The minimum absolute atomic E-state index is 0.133. The van der Waals surface area contributed by atoms with E-state index in [1.807, 2.05) is 0 Å². The smallest absolute Gasteiger partial charge is 0.311 e. The van der Waals surface area contributed by atoms with Gasteiger partial charge in [-0.1, -0.05) is 0 Å². The lowest BCUT2D eigenvalue weighted by atomic mass is 10.1. The van der Waals surface area contributed by atoms with Gasteiger partial charge in [-0.25, -0.2) is 18.3 Å². The Morgan fingerprint density at radius 2 is 2.04 bits per heavy atom. The topological polar surface area (TPSA) is 98.5 Å². The third-order valence-corrected chi connectivity index (χ3v) is 4.17. The summed E-state index contributed by atoms with van der Waals surface area (Å²) in [4.78, 5) is 32.7. The van der Waals surface area contributed by atoms with Gasteiger partial charge in [-0.05, 0) is 32.9 Å². The van der Waals surface area contributed by atoms with Crippen LogP contribution in [0.25, 0.3) is 5.78 Å². The van der Waals surface area contributed by atoms with Gasteiger partial charge in [-0.3, -0.25) is 9.59 Å². The van der Waals surface area contributed by atoms with Crippen molar-refractivity contribution >= 4 is 23.3 Å². The molecule has 1 atom stereocenters. The average molecular weight is 389 g/mol. The Balaban J connectivity index is 1.67. The second-order valence-electron chi connectivity index (χ2n) is 6.16. The molecule has 0 aliphatic heterocycles. The summed E-state index contributed by atoms with van der Waals surface area (Å²) in [6, 6.07) is 2.66. The molecule has 0 saturated carbocycles. The highest BCUT2D eigenvalue weighted by molar-refractivity contribution is 5.95. The zero-order valence-corrected chi connectivity index (χ0v) is 15.4. The Hall–Kier alpha value is -3.43. The largest absolute Gasteiger partial charge is 0.452 e. The summed E-state index contributed by atoms with van der Waals surface area (Å²) < 4.78 is 33.4. The molecule has 146 valence electrons. The highest BCUT2D eigenvalue weighted by Gasteiger charge is 2.21. The molecule has 8 nitrogen and oxygen atoms in total. The molecule has 3 rings (SSSR count). The number of fused-ring (bicyclic) bond motifs is 1. The molecule has 0 fully saturated rings. The Morgan fingerprint density at radius 1 is 1.29 bits per heavy atom. The number of hydrogen-bond acceptors (Lipinski definition) is 6. The van der Waals surface area contributed by atoms with Crippen LogP contribution in [0.3, 0.4) is 0 Å². The van der Waals surface area contributed by atoms with Crippen molar-refractivity contribution in [3.05, 3.63) is 53.1 Å². The maximum absolute atomic E-state index is 13.6. The SMILES string of the molecule is Cc1nc2ncnn2c(C)c1CC(=O)O[C@@H](C)C(=O)Nc1cc(F)ccc1F. The Morgan fingerprint density at radius 3 is 2.79 bits per heavy atom. The van der Waals surface area contributed by atoms with Crippen molar-refractivity contribution in [2.24, 2.45) is 0 Å². The van der Waals surface area contributed by atoms with Crippen LogP contribution in [0, 0.1) is 25.5 Å². The maximum atomic E-state index is 13.6. The molecule has 28 heavy (non-hydrogen) atoms. The van der Waals surface area contributed by atoms with Crippen LogP contribution in [0.15, 0.2) is 24.5 Å². The number of benzene rings is 1. The number of hydrogen-bond donors (Lipinski definition) is 1. The molecular formula is C18H17F2N5O3. The van der Waals surface area contributed by atoms with E-state index in [4.69, 9.17) is 4.74 Å². The average Bonchev–Trinajstić information content (AvgIpc) is 3.10. The molecule has 0 radical (unpaired) electrons. The summed E-state index contributed by atoms with van der Waals surface area (Å²) in [6.07, 6.45) is 0.0140. The van der Waals surface area contributed by atoms with Crippen LogP contribution in [0.2, 0.25) is 0 Å². The number of esters is 1. The minimum atomic E-state index is -1.21. The fourth-order valence-electron chi connectivity index (χ4n) is 2.68. The third-order valence-electron chi connectivity index (χ3n) is 4.17. The number of amides is 1. The number of ether oxygens (including phenoxy) is 1. The summed E-state index contributed by atoms with van der Waals surface area (Å²) in [5, 5.41) is 6.24. The van der Waals surface area contributed by atoms with Gasteiger partial charge in [-0.15, -0.1) is 0 Å². The van der Waals surface area contributed by atoms with Crippen molar-refractivity contribution in [1.82, 2.24) is 19.6 Å². The first-order valence-electron chi connectivity index (χ1n) is 8.37. The van der Waals surface area contributed by atoms with Crippen molar-refractivity contribution in [2.75, 3.05) is 5.32 Å². The third kappa shape index (κ3) is 3.95. The lowest BCUT2D eigenvalue weighted by Crippen LogP contribution is -2.31. The first-order valence-corrected chi connectivity index (χ1v) is 8.37. The van der Waals surface area contributed by atoms with Gasteiger partial charge in [0, 0.05) is 23.0 Å². The van der Waals surface area contributed by atoms with Crippen LogP contribution >= 0.6 is 0 Å². The summed E-state index contributed by atoms with van der Waals surface area (Å²) in [6.45, 7) is 4.83. The number of nitrogens with one attached hydrogen (secondary N) is 1. The first-order chi connectivity index (χ1) is 13.3. The van der Waals surface area contributed by atoms with E-state index in [2.05, 4.69) is 20.4 Å². The van der Waals surface area contributed by atoms with Gasteiger partial charge in [-0.2, -0.15) is 10.1 Å². The Kier molecular flexibility index (Phi) is 5.30. The predicted molar refractivity (Wildman–Crippen MR) is 94.5 cm³/mol. The number of aryl methyl sites for hydroxylation is 2. The van der Waals surface area contributed by atoms with Gasteiger partial charge in [0.25, 0.3) is 11.7 Å². The van der Waals surface area contributed by atoms with Crippen molar-refractivity contribution in [2.45, 2.75) is 33.3 Å². The van der Waals surface area contributed by atoms with E-state index < -0.39 is 29.6 Å². The van der Waals surface area contributed by atoms with Gasteiger partial charge < -0.3 is 10.1 Å². The molecule has 2 heterocycles. The van der Waals surface area contributed by atoms with Crippen LogP contribution in [0.1, 0.15) is 23.9 Å². The van der Waals surface area contributed by atoms with Crippen LogP contribution in [0.5, 0.6) is 0 Å². The number of halogens is 2. The van der Waals surface area contributed by atoms with Gasteiger partial charge in [0.1, 0.15) is 18.0 Å². The van der Waals surface area contributed by atoms with Crippen molar-refractivity contribution in [1.29, 1.82) is 0 Å². The maximum Gasteiger partial charge on any atom is 0.311 e. The first kappa shape index (κ1) is 19.3. The number of carbonyl (C=O) groups is 2. The fraction of sp³-hybridized carbons (Fsp3) is 0.278. The van der Waals surface area contributed by atoms with Crippen LogP contribution in [-0.2, 0) is 20.7 Å². The molecular weight excluding hydrogens is 372 g/mol. The van der Waals surface area contributed by atoms with Crippen LogP contribution < -0.4 is 5.32 Å². The number of aromatic nitrogens is 4. The van der Waals surface area contributed by atoms with E-state index in [0.717, 1.165) is 18.2 Å². The van der Waals surface area contributed by atoms with Crippen molar-refractivity contribution in [3.63, 3.8) is 0 Å². The molecule has 0 aliphatic carbocycles. The van der Waals surface area contributed by atoms with E-state index in [1.165, 1.54) is 17.8 Å². The van der Waals surface area contributed by atoms with E-state index in [9.17, 15) is 18.4 Å². The Bertz CT molecular complexity index is 1070.